The first-order valence-electron chi connectivity index (χ1n) is 7.26. The van der Waals surface area contributed by atoms with E-state index in [1.54, 1.807) is 17.7 Å². The summed E-state index contributed by atoms with van der Waals surface area (Å²) in [6.07, 6.45) is 2.64. The fraction of sp³-hybridized carbons (Fsp3) is 0.294. The number of fused-ring (bicyclic) bond motifs is 1. The number of anilines is 1. The molecule has 21 heavy (non-hydrogen) atoms. The smallest absolute Gasteiger partial charge is 0.138 e. The van der Waals surface area contributed by atoms with Gasteiger partial charge in [-0.15, -0.1) is 11.3 Å². The summed E-state index contributed by atoms with van der Waals surface area (Å²) >= 11 is 1.76. The second kappa shape index (κ2) is 6.22. The highest BCUT2D eigenvalue weighted by Gasteiger charge is 2.10. The number of benzene rings is 1. The van der Waals surface area contributed by atoms with Crippen molar-refractivity contribution in [3.63, 3.8) is 0 Å². The number of aromatic nitrogens is 2. The van der Waals surface area contributed by atoms with E-state index in [1.807, 2.05) is 6.07 Å². The van der Waals surface area contributed by atoms with Gasteiger partial charge in [0.1, 0.15) is 17.0 Å². The zero-order valence-corrected chi connectivity index (χ0v) is 13.2. The minimum atomic E-state index is 0.529. The van der Waals surface area contributed by atoms with Gasteiger partial charge in [0.15, 0.2) is 0 Å². The lowest BCUT2D eigenvalue weighted by atomic mass is 10.1. The van der Waals surface area contributed by atoms with Crippen LogP contribution < -0.4 is 5.32 Å². The monoisotopic (exact) mass is 297 g/mol. The number of thiophene rings is 1. The lowest BCUT2D eigenvalue weighted by Gasteiger charge is -2.06. The summed E-state index contributed by atoms with van der Waals surface area (Å²) < 4.78 is 0. The van der Waals surface area contributed by atoms with E-state index in [0.717, 1.165) is 29.0 Å². The standard InChI is InChI=1S/C17H19N3S/c1-12(2)15-10-14-16(19-11-20-17(14)21-15)18-9-8-13-6-4-3-5-7-13/h3-7,10-12H,8-9H2,1-2H3,(H,18,19,20). The van der Waals surface area contributed by atoms with Crippen molar-refractivity contribution < 1.29 is 0 Å². The molecule has 0 unspecified atom stereocenters. The minimum Gasteiger partial charge on any atom is -0.369 e. The Morgan fingerprint density at radius 2 is 1.95 bits per heavy atom. The van der Waals surface area contributed by atoms with Crippen LogP contribution in [0.15, 0.2) is 42.7 Å². The van der Waals surface area contributed by atoms with Gasteiger partial charge in [0, 0.05) is 11.4 Å². The van der Waals surface area contributed by atoms with Gasteiger partial charge < -0.3 is 5.32 Å². The van der Waals surface area contributed by atoms with Crippen molar-refractivity contribution in [1.29, 1.82) is 0 Å². The van der Waals surface area contributed by atoms with Crippen molar-refractivity contribution in [2.75, 3.05) is 11.9 Å². The Hall–Kier alpha value is -1.94. The molecule has 1 aromatic carbocycles. The summed E-state index contributed by atoms with van der Waals surface area (Å²) in [4.78, 5) is 11.2. The van der Waals surface area contributed by atoms with Gasteiger partial charge in [0.2, 0.25) is 0 Å². The van der Waals surface area contributed by atoms with Crippen LogP contribution in [0.2, 0.25) is 0 Å². The Bertz CT molecular complexity index is 719. The predicted octanol–water partition coefficient (Wildman–Crippen LogP) is 4.47. The molecule has 0 fully saturated rings. The van der Waals surface area contributed by atoms with Crippen molar-refractivity contribution in [3.8, 4) is 0 Å². The van der Waals surface area contributed by atoms with Crippen molar-refractivity contribution in [3.05, 3.63) is 53.2 Å². The second-order valence-corrected chi connectivity index (χ2v) is 6.47. The van der Waals surface area contributed by atoms with E-state index < -0.39 is 0 Å². The Morgan fingerprint density at radius 1 is 1.14 bits per heavy atom. The first-order valence-corrected chi connectivity index (χ1v) is 8.08. The van der Waals surface area contributed by atoms with Crippen LogP contribution in [0.25, 0.3) is 10.2 Å². The number of nitrogens with one attached hydrogen (secondary N) is 1. The average Bonchev–Trinajstić information content (AvgIpc) is 2.94. The molecule has 0 aliphatic carbocycles. The molecule has 0 bridgehead atoms. The molecule has 0 spiro atoms. The highest BCUT2D eigenvalue weighted by Crippen LogP contribution is 2.32. The minimum absolute atomic E-state index is 0.529. The zero-order chi connectivity index (χ0) is 14.7. The molecule has 0 aliphatic heterocycles. The topological polar surface area (TPSA) is 37.8 Å². The summed E-state index contributed by atoms with van der Waals surface area (Å²) in [5.41, 5.74) is 1.34. The van der Waals surface area contributed by atoms with Gasteiger partial charge in [-0.05, 0) is 24.0 Å². The molecule has 0 radical (unpaired) electrons. The zero-order valence-electron chi connectivity index (χ0n) is 12.3. The van der Waals surface area contributed by atoms with Crippen LogP contribution in [0.5, 0.6) is 0 Å². The van der Waals surface area contributed by atoms with E-state index in [1.165, 1.54) is 10.4 Å². The number of hydrogen-bond donors (Lipinski definition) is 1. The van der Waals surface area contributed by atoms with E-state index >= 15 is 0 Å². The molecule has 0 aliphatic rings. The molecule has 4 heteroatoms. The molecule has 1 N–H and O–H groups in total. The number of nitrogens with zero attached hydrogens (tertiary/aromatic N) is 2. The van der Waals surface area contributed by atoms with Crippen molar-refractivity contribution >= 4 is 27.4 Å². The highest BCUT2D eigenvalue weighted by atomic mass is 32.1. The maximum atomic E-state index is 4.40. The summed E-state index contributed by atoms with van der Waals surface area (Å²) in [5.74, 6) is 1.47. The fourth-order valence-corrected chi connectivity index (χ4v) is 3.27. The third kappa shape index (κ3) is 3.22. The maximum Gasteiger partial charge on any atom is 0.138 e. The van der Waals surface area contributed by atoms with E-state index in [0.29, 0.717) is 5.92 Å². The van der Waals surface area contributed by atoms with Gasteiger partial charge in [-0.2, -0.15) is 0 Å². The molecule has 3 aromatic rings. The van der Waals surface area contributed by atoms with E-state index in [9.17, 15) is 0 Å². The molecule has 0 saturated carbocycles. The van der Waals surface area contributed by atoms with Gasteiger partial charge in [-0.3, -0.25) is 0 Å². The Balaban J connectivity index is 1.74. The third-order valence-electron chi connectivity index (χ3n) is 3.47. The SMILES string of the molecule is CC(C)c1cc2c(NCCc3ccccc3)ncnc2s1. The lowest BCUT2D eigenvalue weighted by molar-refractivity contribution is 0.890. The molecule has 3 nitrogen and oxygen atoms in total. The van der Waals surface area contributed by atoms with Crippen molar-refractivity contribution in [1.82, 2.24) is 9.97 Å². The van der Waals surface area contributed by atoms with Gasteiger partial charge in [-0.25, -0.2) is 9.97 Å². The maximum absolute atomic E-state index is 4.40. The summed E-state index contributed by atoms with van der Waals surface area (Å²) in [5, 5.41) is 4.58. The lowest BCUT2D eigenvalue weighted by Crippen LogP contribution is -2.06. The number of hydrogen-bond acceptors (Lipinski definition) is 4. The van der Waals surface area contributed by atoms with Crippen LogP contribution in [0.3, 0.4) is 0 Å². The molecule has 3 rings (SSSR count). The Kier molecular flexibility index (Phi) is 4.15. The van der Waals surface area contributed by atoms with E-state index in [-0.39, 0.29) is 0 Å². The molecule has 2 aromatic heterocycles. The average molecular weight is 297 g/mol. The van der Waals surface area contributed by atoms with Crippen LogP contribution in [-0.2, 0) is 6.42 Å². The second-order valence-electron chi connectivity index (χ2n) is 5.41. The summed E-state index contributed by atoms with van der Waals surface area (Å²) in [6.45, 7) is 5.30. The van der Waals surface area contributed by atoms with E-state index in [4.69, 9.17) is 0 Å². The normalized spacial score (nSPS) is 11.2. The highest BCUT2D eigenvalue weighted by molar-refractivity contribution is 7.18. The van der Waals surface area contributed by atoms with Crippen LogP contribution in [0.4, 0.5) is 5.82 Å². The molecule has 0 amide bonds. The van der Waals surface area contributed by atoms with Gasteiger partial charge in [0.25, 0.3) is 0 Å². The Labute approximate surface area is 129 Å². The fourth-order valence-electron chi connectivity index (χ4n) is 2.27. The molecule has 0 saturated heterocycles. The number of rotatable bonds is 5. The first-order chi connectivity index (χ1) is 10.2. The predicted molar refractivity (Wildman–Crippen MR) is 90.1 cm³/mol. The van der Waals surface area contributed by atoms with Crippen LogP contribution in [0.1, 0.15) is 30.2 Å². The molecular formula is C17H19N3S. The van der Waals surface area contributed by atoms with Crippen molar-refractivity contribution in [2.45, 2.75) is 26.2 Å². The van der Waals surface area contributed by atoms with Gasteiger partial charge >= 0.3 is 0 Å². The molecule has 108 valence electrons. The molecule has 0 atom stereocenters. The summed E-state index contributed by atoms with van der Waals surface area (Å²) in [7, 11) is 0. The van der Waals surface area contributed by atoms with Crippen LogP contribution >= 0.6 is 11.3 Å². The van der Waals surface area contributed by atoms with Crippen LogP contribution in [0, 0.1) is 0 Å². The molecular weight excluding hydrogens is 278 g/mol. The largest absolute Gasteiger partial charge is 0.369 e. The van der Waals surface area contributed by atoms with E-state index in [2.05, 4.69) is 59.5 Å². The van der Waals surface area contributed by atoms with Gasteiger partial charge in [0.05, 0.1) is 5.39 Å². The first kappa shape index (κ1) is 14.0. The Morgan fingerprint density at radius 3 is 2.71 bits per heavy atom. The van der Waals surface area contributed by atoms with Gasteiger partial charge in [-0.1, -0.05) is 44.2 Å². The van der Waals surface area contributed by atoms with Crippen molar-refractivity contribution in [2.24, 2.45) is 0 Å². The quantitative estimate of drug-likeness (QED) is 0.755. The summed E-state index contributed by atoms with van der Waals surface area (Å²) in [6, 6.07) is 12.7. The molecule has 2 heterocycles. The van der Waals surface area contributed by atoms with Crippen LogP contribution in [-0.4, -0.2) is 16.5 Å². The third-order valence-corrected chi connectivity index (χ3v) is 4.81.